The molecule has 0 saturated heterocycles. The summed E-state index contributed by atoms with van der Waals surface area (Å²) in [5, 5.41) is 8.83. The lowest BCUT2D eigenvalue weighted by molar-refractivity contribution is 0.274. The molecule has 0 bridgehead atoms. The average Bonchev–Trinajstić information content (AvgIpc) is 2.27. The topological polar surface area (TPSA) is 59.0 Å². The van der Waals surface area contributed by atoms with Crippen molar-refractivity contribution in [3.63, 3.8) is 0 Å². The molecule has 0 spiro atoms. The molecule has 0 unspecified atom stereocenters. The van der Waals surface area contributed by atoms with Gasteiger partial charge < -0.3 is 10.5 Å². The summed E-state index contributed by atoms with van der Waals surface area (Å²) in [5.74, 6) is -0.355. The maximum Gasteiger partial charge on any atom is 0.177 e. The van der Waals surface area contributed by atoms with E-state index in [1.807, 2.05) is 13.8 Å². The third-order valence-electron chi connectivity index (χ3n) is 2.49. The van der Waals surface area contributed by atoms with E-state index in [9.17, 15) is 4.39 Å². The highest BCUT2D eigenvalue weighted by Gasteiger charge is 2.16. The number of benzene rings is 1. The number of halogens is 1. The second-order valence-electron chi connectivity index (χ2n) is 4.61. The Morgan fingerprint density at radius 2 is 2.18 bits per heavy atom. The summed E-state index contributed by atoms with van der Waals surface area (Å²) >= 11 is 0. The van der Waals surface area contributed by atoms with Crippen LogP contribution in [0.3, 0.4) is 0 Å². The number of para-hydroxylation sites is 1. The van der Waals surface area contributed by atoms with Crippen LogP contribution >= 0.6 is 0 Å². The van der Waals surface area contributed by atoms with E-state index in [1.165, 1.54) is 12.1 Å². The Morgan fingerprint density at radius 3 is 2.76 bits per heavy atom. The van der Waals surface area contributed by atoms with Crippen molar-refractivity contribution < 1.29 is 9.13 Å². The Hall–Kier alpha value is -1.76. The first-order valence-electron chi connectivity index (χ1n) is 5.54. The number of nitrogens with two attached hydrogens (primary N) is 1. The number of rotatable bonds is 5. The van der Waals surface area contributed by atoms with Crippen LogP contribution in [0.2, 0.25) is 0 Å². The minimum atomic E-state index is -0.454. The maximum atomic E-state index is 13.3. The zero-order valence-electron chi connectivity index (χ0n) is 10.2. The second kappa shape index (κ2) is 5.53. The molecule has 2 N–H and O–H groups in total. The van der Waals surface area contributed by atoms with Gasteiger partial charge >= 0.3 is 0 Å². The fourth-order valence-electron chi connectivity index (χ4n) is 1.42. The fourth-order valence-corrected chi connectivity index (χ4v) is 1.42. The van der Waals surface area contributed by atoms with Gasteiger partial charge in [0.2, 0.25) is 0 Å². The quantitative estimate of drug-likeness (QED) is 0.631. The van der Waals surface area contributed by atoms with Gasteiger partial charge in [-0.3, -0.25) is 0 Å². The minimum Gasteiger partial charge on any atom is -0.488 e. The number of hydrogen-bond donors (Lipinski definition) is 1. The molecule has 1 rings (SSSR count). The molecule has 0 aromatic heterocycles. The second-order valence-corrected chi connectivity index (χ2v) is 4.61. The predicted molar refractivity (Wildman–Crippen MR) is 64.9 cm³/mol. The number of hydrogen-bond acceptors (Lipinski definition) is 3. The van der Waals surface area contributed by atoms with Crippen LogP contribution < -0.4 is 10.5 Å². The van der Waals surface area contributed by atoms with Gasteiger partial charge in [-0.25, -0.2) is 4.39 Å². The van der Waals surface area contributed by atoms with Gasteiger partial charge in [-0.2, -0.15) is 5.26 Å². The summed E-state index contributed by atoms with van der Waals surface area (Å²) in [6, 6.07) is 6.65. The highest BCUT2D eigenvalue weighted by Crippen LogP contribution is 2.26. The van der Waals surface area contributed by atoms with Crippen molar-refractivity contribution in [1.29, 1.82) is 5.26 Å². The van der Waals surface area contributed by atoms with Crippen molar-refractivity contribution in [3.8, 4) is 11.8 Å². The van der Waals surface area contributed by atoms with Gasteiger partial charge in [-0.15, -0.1) is 0 Å². The first-order valence-corrected chi connectivity index (χ1v) is 5.54. The van der Waals surface area contributed by atoms with Crippen LogP contribution in [0.4, 0.5) is 10.1 Å². The fraction of sp³-hybridized carbons (Fsp3) is 0.462. The monoisotopic (exact) mass is 236 g/mol. The van der Waals surface area contributed by atoms with Gasteiger partial charge in [0.15, 0.2) is 11.6 Å². The van der Waals surface area contributed by atoms with E-state index >= 15 is 0 Å². The highest BCUT2D eigenvalue weighted by molar-refractivity contribution is 5.52. The van der Waals surface area contributed by atoms with E-state index in [2.05, 4.69) is 6.07 Å². The van der Waals surface area contributed by atoms with Gasteiger partial charge in [0.05, 0.1) is 23.8 Å². The molecule has 0 radical (unpaired) electrons. The maximum absolute atomic E-state index is 13.3. The normalized spacial score (nSPS) is 10.9. The zero-order chi connectivity index (χ0) is 12.9. The number of anilines is 1. The van der Waals surface area contributed by atoms with Crippen LogP contribution in [0.25, 0.3) is 0 Å². The summed E-state index contributed by atoms with van der Waals surface area (Å²) in [4.78, 5) is 0. The van der Waals surface area contributed by atoms with Crippen LogP contribution in [0.5, 0.6) is 5.75 Å². The molecule has 0 fully saturated rings. The van der Waals surface area contributed by atoms with Crippen molar-refractivity contribution in [2.24, 2.45) is 5.41 Å². The van der Waals surface area contributed by atoms with E-state index in [0.29, 0.717) is 25.1 Å². The van der Waals surface area contributed by atoms with E-state index < -0.39 is 5.82 Å². The standard InChI is InChI=1S/C13H17FN2O/c1-13(2,9-15)7-4-8-17-12-10(14)5-3-6-11(12)16/h3,5-6H,4,7-8,16H2,1-2H3. The highest BCUT2D eigenvalue weighted by atomic mass is 19.1. The molecule has 0 saturated carbocycles. The van der Waals surface area contributed by atoms with Crippen LogP contribution in [0.15, 0.2) is 18.2 Å². The van der Waals surface area contributed by atoms with Crippen molar-refractivity contribution in [3.05, 3.63) is 24.0 Å². The summed E-state index contributed by atoms with van der Waals surface area (Å²) in [5.41, 5.74) is 5.52. The molecular formula is C13H17FN2O. The molecule has 1 aromatic carbocycles. The molecular weight excluding hydrogens is 219 g/mol. The lowest BCUT2D eigenvalue weighted by Gasteiger charge is -2.15. The molecule has 0 aliphatic rings. The lowest BCUT2D eigenvalue weighted by Crippen LogP contribution is -2.10. The van der Waals surface area contributed by atoms with Crippen LogP contribution in [0.1, 0.15) is 26.7 Å². The van der Waals surface area contributed by atoms with Crippen LogP contribution in [-0.2, 0) is 0 Å². The van der Waals surface area contributed by atoms with Crippen LogP contribution in [-0.4, -0.2) is 6.61 Å². The Morgan fingerprint density at radius 1 is 1.47 bits per heavy atom. The van der Waals surface area contributed by atoms with E-state index in [0.717, 1.165) is 0 Å². The molecule has 0 atom stereocenters. The predicted octanol–water partition coefficient (Wildman–Crippen LogP) is 3.12. The van der Waals surface area contributed by atoms with Crippen molar-refractivity contribution >= 4 is 5.69 Å². The summed E-state index contributed by atoms with van der Waals surface area (Å²) in [6.07, 6.45) is 1.40. The van der Waals surface area contributed by atoms with Gasteiger partial charge in [0.1, 0.15) is 0 Å². The van der Waals surface area contributed by atoms with E-state index in [1.54, 1.807) is 6.07 Å². The smallest absolute Gasteiger partial charge is 0.177 e. The third-order valence-corrected chi connectivity index (χ3v) is 2.49. The molecule has 0 heterocycles. The van der Waals surface area contributed by atoms with E-state index in [-0.39, 0.29) is 11.2 Å². The molecule has 3 nitrogen and oxygen atoms in total. The third kappa shape index (κ3) is 3.95. The number of ether oxygens (including phenoxy) is 1. The number of nitrogen functional groups attached to an aromatic ring is 1. The zero-order valence-corrected chi connectivity index (χ0v) is 10.2. The Labute approximate surface area is 101 Å². The van der Waals surface area contributed by atoms with Gasteiger partial charge in [0, 0.05) is 0 Å². The van der Waals surface area contributed by atoms with Gasteiger partial charge in [-0.05, 0) is 38.8 Å². The van der Waals surface area contributed by atoms with Crippen molar-refractivity contribution in [2.75, 3.05) is 12.3 Å². The van der Waals surface area contributed by atoms with Gasteiger partial charge in [0.25, 0.3) is 0 Å². The molecule has 0 amide bonds. The number of nitrogens with zero attached hydrogens (tertiary/aromatic N) is 1. The Kier molecular flexibility index (Phi) is 4.33. The molecule has 4 heteroatoms. The summed E-state index contributed by atoms with van der Waals surface area (Å²) < 4.78 is 18.6. The lowest BCUT2D eigenvalue weighted by atomic mass is 9.90. The minimum absolute atomic E-state index is 0.0993. The molecule has 0 aliphatic heterocycles. The van der Waals surface area contributed by atoms with Crippen molar-refractivity contribution in [1.82, 2.24) is 0 Å². The molecule has 17 heavy (non-hydrogen) atoms. The summed E-state index contributed by atoms with van der Waals surface area (Å²) in [7, 11) is 0. The van der Waals surface area contributed by atoms with E-state index in [4.69, 9.17) is 15.7 Å². The molecule has 0 aliphatic carbocycles. The van der Waals surface area contributed by atoms with Crippen LogP contribution in [0, 0.1) is 22.6 Å². The first-order chi connectivity index (χ1) is 7.96. The Balaban J connectivity index is 2.45. The van der Waals surface area contributed by atoms with Crippen molar-refractivity contribution in [2.45, 2.75) is 26.7 Å². The largest absolute Gasteiger partial charge is 0.488 e. The summed E-state index contributed by atoms with van der Waals surface area (Å²) in [6.45, 7) is 4.09. The molecule has 92 valence electrons. The SMILES string of the molecule is CC(C)(C#N)CCCOc1c(N)cccc1F. The first kappa shape index (κ1) is 13.3. The van der Waals surface area contributed by atoms with Gasteiger partial charge in [-0.1, -0.05) is 6.07 Å². The Bertz CT molecular complexity index is 404. The number of nitriles is 1. The molecule has 1 aromatic rings. The average molecular weight is 236 g/mol.